The topological polar surface area (TPSA) is 16.1 Å². The van der Waals surface area contributed by atoms with E-state index in [1.165, 1.54) is 18.4 Å². The number of anilines is 1. The first-order valence-corrected chi connectivity index (χ1v) is 7.58. The molecule has 1 saturated heterocycles. The summed E-state index contributed by atoms with van der Waals surface area (Å²) in [4.78, 5) is 6.95. The fraction of sp³-hybridized carbons (Fsp3) is 0.643. The maximum atomic E-state index is 4.54. The number of hydrogen-bond donors (Lipinski definition) is 0. The molecule has 0 atom stereocenters. The first-order valence-electron chi connectivity index (χ1n) is 6.46. The van der Waals surface area contributed by atoms with Crippen LogP contribution in [0.5, 0.6) is 0 Å². The van der Waals surface area contributed by atoms with E-state index in [-0.39, 0.29) is 0 Å². The van der Waals surface area contributed by atoms with Crippen LogP contribution in [-0.4, -0.2) is 18.1 Å². The minimum absolute atomic E-state index is 0.820. The molecule has 1 aliphatic rings. The van der Waals surface area contributed by atoms with Gasteiger partial charge < -0.3 is 4.90 Å². The summed E-state index contributed by atoms with van der Waals surface area (Å²) in [7, 11) is 0. The van der Waals surface area contributed by atoms with Gasteiger partial charge in [-0.25, -0.2) is 4.98 Å². The third kappa shape index (κ3) is 3.21. The van der Waals surface area contributed by atoms with Crippen molar-refractivity contribution in [1.29, 1.82) is 0 Å². The van der Waals surface area contributed by atoms with Crippen molar-refractivity contribution in [3.8, 4) is 0 Å². The smallest absolute Gasteiger partial charge is 0.128 e. The second kappa shape index (κ2) is 5.85. The highest BCUT2D eigenvalue weighted by Crippen LogP contribution is 2.26. The van der Waals surface area contributed by atoms with Gasteiger partial charge >= 0.3 is 0 Å². The summed E-state index contributed by atoms with van der Waals surface area (Å²) in [6, 6.07) is 4.30. The summed E-state index contributed by atoms with van der Waals surface area (Å²) in [6.45, 7) is 6.99. The van der Waals surface area contributed by atoms with Crippen molar-refractivity contribution in [1.82, 2.24) is 4.98 Å². The molecule has 2 rings (SSSR count). The molecule has 1 fully saturated rings. The van der Waals surface area contributed by atoms with E-state index in [4.69, 9.17) is 0 Å². The largest absolute Gasteiger partial charge is 0.357 e. The highest BCUT2D eigenvalue weighted by molar-refractivity contribution is 9.08. The Morgan fingerprint density at radius 2 is 2.06 bits per heavy atom. The van der Waals surface area contributed by atoms with Crippen molar-refractivity contribution in [3.05, 3.63) is 23.9 Å². The van der Waals surface area contributed by atoms with Gasteiger partial charge in [0.15, 0.2) is 0 Å². The van der Waals surface area contributed by atoms with E-state index in [0.717, 1.165) is 36.1 Å². The zero-order valence-corrected chi connectivity index (χ0v) is 12.3. The average Bonchev–Trinajstić information content (AvgIpc) is 2.39. The molecule has 0 aromatic carbocycles. The lowest BCUT2D eigenvalue weighted by molar-refractivity contribution is 0.310. The molecule has 1 aliphatic heterocycles. The summed E-state index contributed by atoms with van der Waals surface area (Å²) in [5, 5.41) is 0.885. The van der Waals surface area contributed by atoms with Crippen LogP contribution in [0.1, 0.15) is 32.3 Å². The molecule has 94 valence electrons. The molecule has 2 heterocycles. The van der Waals surface area contributed by atoms with Gasteiger partial charge in [-0.1, -0.05) is 35.8 Å². The Morgan fingerprint density at radius 3 is 2.53 bits per heavy atom. The van der Waals surface area contributed by atoms with E-state index in [1.54, 1.807) is 0 Å². The van der Waals surface area contributed by atoms with Gasteiger partial charge in [0.1, 0.15) is 5.82 Å². The number of piperidine rings is 1. The Morgan fingerprint density at radius 1 is 1.35 bits per heavy atom. The summed E-state index contributed by atoms with van der Waals surface area (Å²) in [5.74, 6) is 2.85. The standard InChI is InChI=1S/C14H21BrN2/c1-11(2)13-5-7-17(8-6-13)14-4-3-12(9-15)10-16-14/h3-4,10-11,13H,5-9H2,1-2H3. The molecule has 3 heteroatoms. The van der Waals surface area contributed by atoms with Gasteiger partial charge in [-0.15, -0.1) is 0 Å². The zero-order valence-electron chi connectivity index (χ0n) is 10.7. The van der Waals surface area contributed by atoms with Gasteiger partial charge in [-0.3, -0.25) is 0 Å². The van der Waals surface area contributed by atoms with Crippen molar-refractivity contribution in [2.45, 2.75) is 32.0 Å². The number of alkyl halides is 1. The van der Waals surface area contributed by atoms with Crippen molar-refractivity contribution >= 4 is 21.7 Å². The molecule has 2 nitrogen and oxygen atoms in total. The van der Waals surface area contributed by atoms with Gasteiger partial charge in [-0.2, -0.15) is 0 Å². The van der Waals surface area contributed by atoms with Crippen LogP contribution in [0.4, 0.5) is 5.82 Å². The van der Waals surface area contributed by atoms with E-state index < -0.39 is 0 Å². The Kier molecular flexibility index (Phi) is 4.43. The molecule has 1 aromatic heterocycles. The summed E-state index contributed by atoms with van der Waals surface area (Å²) < 4.78 is 0. The van der Waals surface area contributed by atoms with Crippen molar-refractivity contribution < 1.29 is 0 Å². The summed E-state index contributed by atoms with van der Waals surface area (Å²) in [6.07, 6.45) is 4.58. The van der Waals surface area contributed by atoms with Gasteiger partial charge in [0.05, 0.1) is 0 Å². The lowest BCUT2D eigenvalue weighted by Gasteiger charge is -2.34. The molecule has 17 heavy (non-hydrogen) atoms. The Labute approximate surface area is 113 Å². The molecule has 0 amide bonds. The highest BCUT2D eigenvalue weighted by Gasteiger charge is 2.21. The Hall–Kier alpha value is -0.570. The Balaban J connectivity index is 1.95. The Bertz CT molecular complexity index is 340. The molecule has 0 bridgehead atoms. The molecular weight excluding hydrogens is 276 g/mol. The third-order valence-electron chi connectivity index (χ3n) is 3.77. The highest BCUT2D eigenvalue weighted by atomic mass is 79.9. The number of aromatic nitrogens is 1. The number of hydrogen-bond acceptors (Lipinski definition) is 2. The maximum Gasteiger partial charge on any atom is 0.128 e. The monoisotopic (exact) mass is 296 g/mol. The van der Waals surface area contributed by atoms with Crippen LogP contribution in [0.15, 0.2) is 18.3 Å². The maximum absolute atomic E-state index is 4.54. The first-order chi connectivity index (χ1) is 8.20. The lowest BCUT2D eigenvalue weighted by Crippen LogP contribution is -2.35. The number of rotatable bonds is 3. The first kappa shape index (κ1) is 12.9. The predicted molar refractivity (Wildman–Crippen MR) is 76.6 cm³/mol. The van der Waals surface area contributed by atoms with Gasteiger partial charge in [0.25, 0.3) is 0 Å². The molecule has 0 radical (unpaired) electrons. The van der Waals surface area contributed by atoms with E-state index in [9.17, 15) is 0 Å². The molecular formula is C14H21BrN2. The average molecular weight is 297 g/mol. The minimum Gasteiger partial charge on any atom is -0.357 e. The normalized spacial score (nSPS) is 17.8. The number of nitrogens with zero attached hydrogens (tertiary/aromatic N) is 2. The van der Waals surface area contributed by atoms with Crippen LogP contribution < -0.4 is 4.90 Å². The van der Waals surface area contributed by atoms with Crippen LogP contribution in [0.25, 0.3) is 0 Å². The SMILES string of the molecule is CC(C)C1CCN(c2ccc(CBr)cn2)CC1. The van der Waals surface area contributed by atoms with Gasteiger partial charge in [0, 0.05) is 24.6 Å². The van der Waals surface area contributed by atoms with Crippen LogP contribution in [0.3, 0.4) is 0 Å². The molecule has 0 aliphatic carbocycles. The summed E-state index contributed by atoms with van der Waals surface area (Å²) >= 11 is 3.45. The van der Waals surface area contributed by atoms with Crippen LogP contribution in [0.2, 0.25) is 0 Å². The third-order valence-corrected chi connectivity index (χ3v) is 4.42. The molecule has 1 aromatic rings. The van der Waals surface area contributed by atoms with Crippen LogP contribution in [0, 0.1) is 11.8 Å². The number of halogens is 1. The van der Waals surface area contributed by atoms with Crippen molar-refractivity contribution in [2.24, 2.45) is 11.8 Å². The summed E-state index contributed by atoms with van der Waals surface area (Å²) in [5.41, 5.74) is 1.24. The minimum atomic E-state index is 0.820. The predicted octanol–water partition coefficient (Wildman–Crippen LogP) is 3.85. The van der Waals surface area contributed by atoms with Crippen molar-refractivity contribution in [3.63, 3.8) is 0 Å². The molecule has 0 N–H and O–H groups in total. The fourth-order valence-corrected chi connectivity index (χ4v) is 2.81. The second-order valence-electron chi connectivity index (χ2n) is 5.23. The quantitative estimate of drug-likeness (QED) is 0.788. The number of pyridine rings is 1. The molecule has 0 spiro atoms. The second-order valence-corrected chi connectivity index (χ2v) is 5.79. The van der Waals surface area contributed by atoms with Crippen LogP contribution in [-0.2, 0) is 5.33 Å². The zero-order chi connectivity index (χ0) is 12.3. The van der Waals surface area contributed by atoms with E-state index in [2.05, 4.69) is 51.8 Å². The van der Waals surface area contributed by atoms with E-state index in [1.807, 2.05) is 6.20 Å². The lowest BCUT2D eigenvalue weighted by atomic mass is 9.87. The van der Waals surface area contributed by atoms with Crippen LogP contribution >= 0.6 is 15.9 Å². The molecule has 0 unspecified atom stereocenters. The van der Waals surface area contributed by atoms with Crippen molar-refractivity contribution in [2.75, 3.05) is 18.0 Å². The van der Waals surface area contributed by atoms with E-state index >= 15 is 0 Å². The van der Waals surface area contributed by atoms with E-state index in [0.29, 0.717) is 0 Å². The molecule has 0 saturated carbocycles. The van der Waals surface area contributed by atoms with Gasteiger partial charge in [0.2, 0.25) is 0 Å². The van der Waals surface area contributed by atoms with Gasteiger partial charge in [-0.05, 0) is 36.3 Å². The fourth-order valence-electron chi connectivity index (χ4n) is 2.48.